The molecule has 108 valence electrons. The van der Waals surface area contributed by atoms with Crippen molar-refractivity contribution in [2.75, 3.05) is 13.3 Å². The van der Waals surface area contributed by atoms with Gasteiger partial charge >= 0.3 is 0 Å². The number of fused-ring (bicyclic) bond motifs is 2. The molecule has 1 atom stereocenters. The van der Waals surface area contributed by atoms with Crippen LogP contribution in [-0.4, -0.2) is 24.6 Å². The monoisotopic (exact) mass is 306 g/mol. The standard InChI is InChI=1S/C18H16N3S/c1-21(22-2)12-20-18-16(21)10-11-19-17(18)15-9-5-7-13-6-3-4-8-14(13)15/h3-12H,1-2H3/q+1. The number of aliphatic imine (C=N–C) groups is 1. The molecule has 1 unspecified atom stereocenters. The molecule has 0 saturated carbocycles. The van der Waals surface area contributed by atoms with Crippen LogP contribution in [0.25, 0.3) is 22.0 Å². The highest BCUT2D eigenvalue weighted by Gasteiger charge is 2.34. The Hall–Kier alpha value is -2.17. The molecule has 22 heavy (non-hydrogen) atoms. The van der Waals surface area contributed by atoms with Gasteiger partial charge in [-0.3, -0.25) is 4.98 Å². The van der Waals surface area contributed by atoms with E-state index in [1.807, 2.05) is 12.5 Å². The molecule has 0 radical (unpaired) electrons. The molecule has 1 aliphatic heterocycles. The van der Waals surface area contributed by atoms with Gasteiger partial charge < -0.3 is 0 Å². The Bertz CT molecular complexity index is 898. The van der Waals surface area contributed by atoms with Crippen LogP contribution in [-0.2, 0) is 0 Å². The average molecular weight is 306 g/mol. The Balaban J connectivity index is 2.01. The number of rotatable bonds is 2. The lowest BCUT2D eigenvalue weighted by atomic mass is 10.0. The zero-order valence-corrected chi connectivity index (χ0v) is 13.3. The Labute approximate surface area is 134 Å². The van der Waals surface area contributed by atoms with Crippen LogP contribution in [0.3, 0.4) is 0 Å². The largest absolute Gasteiger partial charge is 0.253 e. The van der Waals surface area contributed by atoms with E-state index in [4.69, 9.17) is 0 Å². The molecule has 0 amide bonds. The first kappa shape index (κ1) is 13.5. The fraction of sp³-hybridized carbons (Fsp3) is 0.111. The molecule has 4 rings (SSSR count). The van der Waals surface area contributed by atoms with Crippen molar-refractivity contribution in [2.45, 2.75) is 0 Å². The summed E-state index contributed by atoms with van der Waals surface area (Å²) in [6.07, 6.45) is 5.96. The van der Waals surface area contributed by atoms with E-state index in [1.165, 1.54) is 16.5 Å². The highest BCUT2D eigenvalue weighted by molar-refractivity contribution is 7.98. The van der Waals surface area contributed by atoms with Gasteiger partial charge in [0, 0.05) is 24.1 Å². The molecule has 0 aliphatic carbocycles. The second-order valence-corrected chi connectivity index (χ2v) is 6.60. The van der Waals surface area contributed by atoms with Gasteiger partial charge in [0.1, 0.15) is 5.69 Å². The highest BCUT2D eigenvalue weighted by atomic mass is 32.2. The normalized spacial score (nSPS) is 19.5. The van der Waals surface area contributed by atoms with Crippen molar-refractivity contribution in [1.29, 1.82) is 0 Å². The summed E-state index contributed by atoms with van der Waals surface area (Å²) in [6, 6.07) is 16.8. The SMILES string of the molecule is CS[N+]1(C)C=Nc2c1ccnc2-c1cccc2ccccc12. The van der Waals surface area contributed by atoms with Crippen molar-refractivity contribution >= 4 is 40.4 Å². The average Bonchev–Trinajstić information content (AvgIpc) is 2.92. The second kappa shape index (κ2) is 4.93. The first-order valence-electron chi connectivity index (χ1n) is 7.18. The van der Waals surface area contributed by atoms with E-state index in [9.17, 15) is 0 Å². The van der Waals surface area contributed by atoms with Crippen LogP contribution in [0.1, 0.15) is 0 Å². The summed E-state index contributed by atoms with van der Waals surface area (Å²) in [7, 11) is 2.15. The molecule has 0 bridgehead atoms. The number of hydrogen-bond acceptors (Lipinski definition) is 3. The maximum Gasteiger partial charge on any atom is 0.207 e. The summed E-state index contributed by atoms with van der Waals surface area (Å²) in [5.74, 6) is 0. The van der Waals surface area contributed by atoms with Crippen LogP contribution in [0.4, 0.5) is 11.4 Å². The van der Waals surface area contributed by atoms with Crippen LogP contribution in [0.15, 0.2) is 59.7 Å². The fourth-order valence-corrected chi connectivity index (χ4v) is 3.42. The third-order valence-corrected chi connectivity index (χ3v) is 5.26. The molecule has 0 fully saturated rings. The summed E-state index contributed by atoms with van der Waals surface area (Å²) in [5, 5.41) is 2.44. The maximum atomic E-state index is 4.67. The van der Waals surface area contributed by atoms with Crippen LogP contribution >= 0.6 is 11.9 Å². The van der Waals surface area contributed by atoms with E-state index in [0.29, 0.717) is 3.89 Å². The smallest absolute Gasteiger partial charge is 0.207 e. The minimum absolute atomic E-state index is 0.648. The summed E-state index contributed by atoms with van der Waals surface area (Å²) in [6.45, 7) is 0. The summed E-state index contributed by atoms with van der Waals surface area (Å²) < 4.78 is 0.648. The number of benzene rings is 2. The van der Waals surface area contributed by atoms with E-state index < -0.39 is 0 Å². The van der Waals surface area contributed by atoms with E-state index in [-0.39, 0.29) is 0 Å². The molecule has 0 N–H and O–H groups in total. The minimum atomic E-state index is 0.648. The summed E-state index contributed by atoms with van der Waals surface area (Å²) >= 11 is 1.75. The Morgan fingerprint density at radius 1 is 1.00 bits per heavy atom. The Morgan fingerprint density at radius 3 is 2.68 bits per heavy atom. The highest BCUT2D eigenvalue weighted by Crippen LogP contribution is 2.46. The zero-order valence-electron chi connectivity index (χ0n) is 12.5. The molecule has 0 spiro atoms. The van der Waals surface area contributed by atoms with Crippen LogP contribution < -0.4 is 3.89 Å². The van der Waals surface area contributed by atoms with Crippen molar-refractivity contribution in [1.82, 2.24) is 8.87 Å². The van der Waals surface area contributed by atoms with Gasteiger partial charge in [-0.1, -0.05) is 42.5 Å². The molecule has 0 saturated heterocycles. The summed E-state index contributed by atoms with van der Waals surface area (Å²) in [5.41, 5.74) is 4.27. The predicted octanol–water partition coefficient (Wildman–Crippen LogP) is 4.79. The number of hydrogen-bond donors (Lipinski definition) is 0. The van der Waals surface area contributed by atoms with Gasteiger partial charge in [0.15, 0.2) is 11.4 Å². The van der Waals surface area contributed by atoms with Crippen molar-refractivity contribution in [2.24, 2.45) is 4.99 Å². The van der Waals surface area contributed by atoms with Gasteiger partial charge in [-0.05, 0) is 10.8 Å². The van der Waals surface area contributed by atoms with Crippen molar-refractivity contribution < 1.29 is 0 Å². The molecular formula is C18H16N3S+. The van der Waals surface area contributed by atoms with E-state index in [2.05, 4.69) is 71.8 Å². The van der Waals surface area contributed by atoms with E-state index in [0.717, 1.165) is 16.9 Å². The predicted molar refractivity (Wildman–Crippen MR) is 96.6 cm³/mol. The van der Waals surface area contributed by atoms with Gasteiger partial charge in [0.25, 0.3) is 0 Å². The van der Waals surface area contributed by atoms with Crippen LogP contribution in [0.5, 0.6) is 0 Å². The van der Waals surface area contributed by atoms with Crippen LogP contribution in [0, 0.1) is 0 Å². The zero-order chi connectivity index (χ0) is 15.2. The topological polar surface area (TPSA) is 25.2 Å². The van der Waals surface area contributed by atoms with Crippen molar-refractivity contribution in [3.05, 3.63) is 54.7 Å². The quantitative estimate of drug-likeness (QED) is 0.502. The number of aromatic nitrogens is 1. The third-order valence-electron chi connectivity index (χ3n) is 4.21. The van der Waals surface area contributed by atoms with Crippen molar-refractivity contribution in [3.63, 3.8) is 0 Å². The first-order chi connectivity index (χ1) is 10.7. The fourth-order valence-electron chi connectivity index (χ4n) is 2.93. The lowest BCUT2D eigenvalue weighted by Crippen LogP contribution is -2.32. The van der Waals surface area contributed by atoms with Gasteiger partial charge in [-0.25, -0.2) is 0 Å². The van der Waals surface area contributed by atoms with Gasteiger partial charge in [-0.2, -0.15) is 8.88 Å². The number of nitrogens with zero attached hydrogens (tertiary/aromatic N) is 3. The Kier molecular flexibility index (Phi) is 3.03. The molecule has 3 aromatic rings. The molecule has 2 aromatic carbocycles. The molecule has 3 nitrogen and oxygen atoms in total. The lowest BCUT2D eigenvalue weighted by Gasteiger charge is -2.20. The van der Waals surface area contributed by atoms with Crippen molar-refractivity contribution in [3.8, 4) is 11.3 Å². The van der Waals surface area contributed by atoms with Crippen LogP contribution in [0.2, 0.25) is 0 Å². The number of quaternary nitrogens is 1. The molecule has 1 aromatic heterocycles. The van der Waals surface area contributed by atoms with Gasteiger partial charge in [-0.15, -0.1) is 0 Å². The van der Waals surface area contributed by atoms with E-state index in [1.54, 1.807) is 11.9 Å². The second-order valence-electron chi connectivity index (χ2n) is 5.47. The van der Waals surface area contributed by atoms with E-state index >= 15 is 0 Å². The molecular weight excluding hydrogens is 290 g/mol. The molecule has 1 aliphatic rings. The Morgan fingerprint density at radius 2 is 1.82 bits per heavy atom. The minimum Gasteiger partial charge on any atom is -0.253 e. The third kappa shape index (κ3) is 1.88. The first-order valence-corrected chi connectivity index (χ1v) is 8.36. The maximum absolute atomic E-state index is 4.67. The summed E-state index contributed by atoms with van der Waals surface area (Å²) in [4.78, 5) is 9.31. The molecule has 4 heteroatoms. The van der Waals surface area contributed by atoms with Gasteiger partial charge in [0.2, 0.25) is 6.34 Å². The lowest BCUT2D eigenvalue weighted by molar-refractivity contribution is 0.836. The van der Waals surface area contributed by atoms with Gasteiger partial charge in [0.05, 0.1) is 19.0 Å². The molecule has 2 heterocycles. The number of pyridine rings is 1.